The topological polar surface area (TPSA) is 79.3 Å². The fourth-order valence-corrected chi connectivity index (χ4v) is 2.71. The van der Waals surface area contributed by atoms with Gasteiger partial charge in [-0.25, -0.2) is 9.78 Å². The molecule has 5 nitrogen and oxygen atoms in total. The van der Waals surface area contributed by atoms with Gasteiger partial charge in [-0.05, 0) is 18.9 Å². The van der Waals surface area contributed by atoms with Gasteiger partial charge >= 0.3 is 5.97 Å². The Balaban J connectivity index is 1.85. The molecule has 0 aliphatic rings. The van der Waals surface area contributed by atoms with Gasteiger partial charge in [-0.1, -0.05) is 36.8 Å². The fourth-order valence-electron chi connectivity index (χ4n) is 2.00. The van der Waals surface area contributed by atoms with Crippen LogP contribution in [0.25, 0.3) is 0 Å². The van der Waals surface area contributed by atoms with Crippen LogP contribution in [0.15, 0.2) is 29.6 Å². The molecule has 1 aromatic heterocycles. The van der Waals surface area contributed by atoms with Crippen molar-refractivity contribution >= 4 is 23.2 Å². The smallest absolute Gasteiger partial charge is 0.355 e. The molecule has 2 rings (SSSR count). The molecule has 6 heteroatoms. The Morgan fingerprint density at radius 2 is 2.00 bits per heavy atom. The molecule has 22 heavy (non-hydrogen) atoms. The number of aromatic carboxylic acids is 1. The zero-order chi connectivity index (χ0) is 16.1. The minimum Gasteiger partial charge on any atom is -0.476 e. The first-order valence-corrected chi connectivity index (χ1v) is 7.84. The number of nitrogens with zero attached hydrogens (tertiary/aromatic N) is 1. The van der Waals surface area contributed by atoms with Crippen molar-refractivity contribution in [1.82, 2.24) is 10.3 Å². The van der Waals surface area contributed by atoms with E-state index >= 15 is 0 Å². The molecule has 0 bridgehead atoms. The van der Waals surface area contributed by atoms with Crippen LogP contribution in [-0.2, 0) is 17.8 Å². The van der Waals surface area contributed by atoms with E-state index in [2.05, 4.69) is 10.3 Å². The normalized spacial score (nSPS) is 11.9. The number of benzene rings is 1. The molecule has 0 radical (unpaired) electrons. The number of aromatic nitrogens is 1. The van der Waals surface area contributed by atoms with E-state index in [1.165, 1.54) is 22.3 Å². The summed E-state index contributed by atoms with van der Waals surface area (Å²) in [6, 6.07) is 8.12. The Kier molecular flexibility index (Phi) is 5.27. The molecule has 116 valence electrons. The van der Waals surface area contributed by atoms with E-state index < -0.39 is 5.97 Å². The number of carboxylic acids is 1. The van der Waals surface area contributed by atoms with Crippen LogP contribution in [0.1, 0.15) is 33.5 Å². The third-order valence-electron chi connectivity index (χ3n) is 3.29. The van der Waals surface area contributed by atoms with Crippen LogP contribution in [0, 0.1) is 12.8 Å². The molecule has 1 unspecified atom stereocenters. The van der Waals surface area contributed by atoms with Crippen molar-refractivity contribution in [3.8, 4) is 0 Å². The summed E-state index contributed by atoms with van der Waals surface area (Å²) in [5.41, 5.74) is 2.33. The molecule has 0 aliphatic heterocycles. The molecule has 0 saturated heterocycles. The van der Waals surface area contributed by atoms with Gasteiger partial charge in [0.05, 0.1) is 6.54 Å². The van der Waals surface area contributed by atoms with Gasteiger partial charge in [-0.15, -0.1) is 11.3 Å². The summed E-state index contributed by atoms with van der Waals surface area (Å²) < 4.78 is 0. The van der Waals surface area contributed by atoms with Crippen molar-refractivity contribution in [2.45, 2.75) is 26.8 Å². The second kappa shape index (κ2) is 7.17. The number of aryl methyl sites for hydroxylation is 1. The fraction of sp³-hybridized carbons (Fsp3) is 0.312. The van der Waals surface area contributed by atoms with Crippen LogP contribution < -0.4 is 5.32 Å². The molecule has 1 heterocycles. The third kappa shape index (κ3) is 4.39. The number of carbonyl (C=O) groups is 2. The van der Waals surface area contributed by atoms with Gasteiger partial charge in [0.2, 0.25) is 5.91 Å². The van der Waals surface area contributed by atoms with Crippen LogP contribution in [0.3, 0.4) is 0 Å². The van der Waals surface area contributed by atoms with Crippen molar-refractivity contribution in [2.75, 3.05) is 0 Å². The van der Waals surface area contributed by atoms with Gasteiger partial charge < -0.3 is 10.4 Å². The van der Waals surface area contributed by atoms with Gasteiger partial charge in [0.1, 0.15) is 5.01 Å². The molecule has 1 amide bonds. The lowest BCUT2D eigenvalue weighted by Gasteiger charge is -2.11. The van der Waals surface area contributed by atoms with Crippen molar-refractivity contribution in [1.29, 1.82) is 0 Å². The minimum absolute atomic E-state index is 0.0157. The van der Waals surface area contributed by atoms with E-state index in [4.69, 9.17) is 5.11 Å². The Hall–Kier alpha value is -2.21. The molecule has 0 saturated carbocycles. The Morgan fingerprint density at radius 3 is 2.59 bits per heavy atom. The monoisotopic (exact) mass is 318 g/mol. The number of thiazole rings is 1. The molecule has 2 aromatic rings. The summed E-state index contributed by atoms with van der Waals surface area (Å²) in [7, 11) is 0. The predicted octanol–water partition coefficient (Wildman–Crippen LogP) is 2.64. The number of nitrogens with one attached hydrogen (secondary N) is 1. The molecular formula is C16H18N2O3S. The number of amides is 1. The Labute approximate surface area is 133 Å². The zero-order valence-electron chi connectivity index (χ0n) is 12.5. The first-order valence-electron chi connectivity index (χ1n) is 6.96. The van der Waals surface area contributed by atoms with Gasteiger partial charge in [-0.3, -0.25) is 4.79 Å². The predicted molar refractivity (Wildman–Crippen MR) is 85.0 cm³/mol. The molecule has 0 fully saturated rings. The maximum Gasteiger partial charge on any atom is 0.355 e. The van der Waals surface area contributed by atoms with Crippen LogP contribution in [0.5, 0.6) is 0 Å². The van der Waals surface area contributed by atoms with Gasteiger partial charge in [0, 0.05) is 11.3 Å². The first kappa shape index (κ1) is 16.2. The summed E-state index contributed by atoms with van der Waals surface area (Å²) in [5.74, 6) is -1.27. The summed E-state index contributed by atoms with van der Waals surface area (Å²) in [4.78, 5) is 26.8. The van der Waals surface area contributed by atoms with Gasteiger partial charge in [0.15, 0.2) is 5.69 Å². The second-order valence-corrected chi connectivity index (χ2v) is 6.18. The average molecular weight is 318 g/mol. The van der Waals surface area contributed by atoms with E-state index in [1.807, 2.05) is 38.1 Å². The first-order chi connectivity index (χ1) is 10.5. The lowest BCUT2D eigenvalue weighted by atomic mass is 9.99. The summed E-state index contributed by atoms with van der Waals surface area (Å²) >= 11 is 1.23. The maximum absolute atomic E-state index is 12.1. The number of rotatable bonds is 6. The quantitative estimate of drug-likeness (QED) is 0.858. The molecule has 1 aromatic carbocycles. The van der Waals surface area contributed by atoms with Crippen molar-refractivity contribution in [2.24, 2.45) is 5.92 Å². The molecule has 1 atom stereocenters. The van der Waals surface area contributed by atoms with Crippen LogP contribution in [0.4, 0.5) is 0 Å². The van der Waals surface area contributed by atoms with Crippen LogP contribution >= 0.6 is 11.3 Å². The average Bonchev–Trinajstić information content (AvgIpc) is 2.96. The highest BCUT2D eigenvalue weighted by Gasteiger charge is 2.14. The number of carboxylic acid groups (broad SMARTS) is 1. The maximum atomic E-state index is 12.1. The highest BCUT2D eigenvalue weighted by Crippen LogP contribution is 2.12. The highest BCUT2D eigenvalue weighted by atomic mass is 32.1. The van der Waals surface area contributed by atoms with Crippen molar-refractivity contribution < 1.29 is 14.7 Å². The van der Waals surface area contributed by atoms with E-state index in [9.17, 15) is 9.59 Å². The summed E-state index contributed by atoms with van der Waals surface area (Å²) in [5, 5.41) is 13.7. The van der Waals surface area contributed by atoms with Crippen LogP contribution in [-0.4, -0.2) is 22.0 Å². The molecule has 0 spiro atoms. The molecular weight excluding hydrogens is 300 g/mol. The van der Waals surface area contributed by atoms with Gasteiger partial charge in [-0.2, -0.15) is 0 Å². The largest absolute Gasteiger partial charge is 0.476 e. The standard InChI is InChI=1S/C16H18N2O3S/c1-10-3-5-12(6-4-10)7-11(2)15(19)17-8-14-18-13(9-22-14)16(20)21/h3-6,9,11H,7-8H2,1-2H3,(H,17,19)(H,20,21). The van der Waals surface area contributed by atoms with Crippen molar-refractivity contribution in [3.63, 3.8) is 0 Å². The number of hydrogen-bond acceptors (Lipinski definition) is 4. The summed E-state index contributed by atoms with van der Waals surface area (Å²) in [6.07, 6.45) is 0.671. The van der Waals surface area contributed by atoms with E-state index in [-0.39, 0.29) is 24.1 Å². The Bertz CT molecular complexity index is 664. The van der Waals surface area contributed by atoms with E-state index in [0.29, 0.717) is 11.4 Å². The molecule has 2 N–H and O–H groups in total. The number of carbonyl (C=O) groups excluding carboxylic acids is 1. The highest BCUT2D eigenvalue weighted by molar-refractivity contribution is 7.09. The summed E-state index contributed by atoms with van der Waals surface area (Å²) in [6.45, 7) is 4.16. The second-order valence-electron chi connectivity index (χ2n) is 5.24. The van der Waals surface area contributed by atoms with Crippen LogP contribution in [0.2, 0.25) is 0 Å². The minimum atomic E-state index is -1.05. The lowest BCUT2D eigenvalue weighted by Crippen LogP contribution is -2.29. The molecule has 0 aliphatic carbocycles. The van der Waals surface area contributed by atoms with E-state index in [1.54, 1.807) is 0 Å². The van der Waals surface area contributed by atoms with Gasteiger partial charge in [0.25, 0.3) is 0 Å². The zero-order valence-corrected chi connectivity index (χ0v) is 13.3. The SMILES string of the molecule is Cc1ccc(CC(C)C(=O)NCc2nc(C(=O)O)cs2)cc1. The van der Waals surface area contributed by atoms with E-state index in [0.717, 1.165) is 5.56 Å². The Morgan fingerprint density at radius 1 is 1.32 bits per heavy atom. The van der Waals surface area contributed by atoms with Crippen molar-refractivity contribution in [3.05, 3.63) is 51.5 Å². The number of hydrogen-bond donors (Lipinski definition) is 2. The lowest BCUT2D eigenvalue weighted by molar-refractivity contribution is -0.124. The third-order valence-corrected chi connectivity index (χ3v) is 4.14.